The van der Waals surface area contributed by atoms with E-state index < -0.39 is 0 Å². The second kappa shape index (κ2) is 4.60. The summed E-state index contributed by atoms with van der Waals surface area (Å²) >= 11 is 1.93. The first-order valence-corrected chi connectivity index (χ1v) is 7.80. The minimum Gasteiger partial charge on any atom is -0.496 e. The summed E-state index contributed by atoms with van der Waals surface area (Å²) in [6.07, 6.45) is 1.25. The highest BCUT2D eigenvalue weighted by Gasteiger charge is 2.34. The molecule has 0 aromatic heterocycles. The fourth-order valence-electron chi connectivity index (χ4n) is 2.73. The minimum atomic E-state index is 0.174. The molecule has 3 rings (SSSR count). The van der Waals surface area contributed by atoms with Gasteiger partial charge in [-0.3, -0.25) is 5.32 Å². The molecule has 1 aromatic carbocycles. The zero-order chi connectivity index (χ0) is 13.6. The van der Waals surface area contributed by atoms with Crippen molar-refractivity contribution in [2.45, 2.75) is 44.2 Å². The Labute approximate surface area is 119 Å². The predicted octanol–water partition coefficient (Wildman–Crippen LogP) is 3.13. The molecule has 0 bridgehead atoms. The summed E-state index contributed by atoms with van der Waals surface area (Å²) in [5.41, 5.74) is 2.63. The molecule has 104 valence electrons. The van der Waals surface area contributed by atoms with Gasteiger partial charge in [0.25, 0.3) is 0 Å². The predicted molar refractivity (Wildman–Crippen MR) is 79.2 cm³/mol. The molecule has 1 saturated heterocycles. The van der Waals surface area contributed by atoms with Crippen LogP contribution >= 0.6 is 11.8 Å². The van der Waals surface area contributed by atoms with E-state index in [2.05, 4.69) is 38.2 Å². The Morgan fingerprint density at radius 2 is 2.21 bits per heavy atom. The van der Waals surface area contributed by atoms with Crippen LogP contribution in [0.2, 0.25) is 0 Å². The first-order valence-electron chi connectivity index (χ1n) is 6.75. The molecule has 2 aliphatic heterocycles. The van der Waals surface area contributed by atoms with Crippen molar-refractivity contribution in [1.82, 2.24) is 5.32 Å². The molecule has 2 aliphatic rings. The number of hydrogen-bond donors (Lipinski definition) is 1. The third-order valence-corrected chi connectivity index (χ3v) is 5.26. The standard InChI is InChI=1S/C15H21NO2S/c1-9-5-10-6-13(17-4)11(7-12(10)18-9)14-16-15(2,3)8-19-14/h6-7,9,14,16H,5,8H2,1-4H3. The van der Waals surface area contributed by atoms with Gasteiger partial charge < -0.3 is 9.47 Å². The van der Waals surface area contributed by atoms with Crippen LogP contribution in [0, 0.1) is 0 Å². The Morgan fingerprint density at radius 3 is 2.84 bits per heavy atom. The number of nitrogens with one attached hydrogen (secondary N) is 1. The summed E-state index contributed by atoms with van der Waals surface area (Å²) in [6.45, 7) is 6.58. The Bertz CT molecular complexity index is 501. The van der Waals surface area contributed by atoms with Gasteiger partial charge in [-0.05, 0) is 32.9 Å². The van der Waals surface area contributed by atoms with Crippen molar-refractivity contribution in [2.24, 2.45) is 0 Å². The Morgan fingerprint density at radius 1 is 1.42 bits per heavy atom. The Kier molecular flexibility index (Phi) is 3.18. The number of benzene rings is 1. The van der Waals surface area contributed by atoms with Crippen LogP contribution in [0.25, 0.3) is 0 Å². The van der Waals surface area contributed by atoms with Gasteiger partial charge in [-0.15, -0.1) is 11.8 Å². The summed E-state index contributed by atoms with van der Waals surface area (Å²) in [5, 5.41) is 3.94. The van der Waals surface area contributed by atoms with Gasteiger partial charge in [0.05, 0.1) is 12.5 Å². The van der Waals surface area contributed by atoms with Gasteiger partial charge >= 0.3 is 0 Å². The van der Waals surface area contributed by atoms with Crippen molar-refractivity contribution in [3.8, 4) is 11.5 Å². The maximum Gasteiger partial charge on any atom is 0.125 e. The van der Waals surface area contributed by atoms with E-state index in [1.54, 1.807) is 7.11 Å². The quantitative estimate of drug-likeness (QED) is 0.901. The van der Waals surface area contributed by atoms with E-state index in [1.165, 1.54) is 11.1 Å². The lowest BCUT2D eigenvalue weighted by molar-refractivity contribution is 0.254. The highest BCUT2D eigenvalue weighted by Crippen LogP contribution is 2.44. The molecule has 19 heavy (non-hydrogen) atoms. The third-order valence-electron chi connectivity index (χ3n) is 3.66. The Balaban J connectivity index is 1.95. The average molecular weight is 279 g/mol. The largest absolute Gasteiger partial charge is 0.496 e. The fourth-order valence-corrected chi connectivity index (χ4v) is 4.17. The van der Waals surface area contributed by atoms with Gasteiger partial charge in [0, 0.05) is 28.8 Å². The van der Waals surface area contributed by atoms with Gasteiger partial charge in [-0.2, -0.15) is 0 Å². The van der Waals surface area contributed by atoms with Gasteiger partial charge in [0.2, 0.25) is 0 Å². The van der Waals surface area contributed by atoms with Crippen molar-refractivity contribution in [2.75, 3.05) is 12.9 Å². The molecular weight excluding hydrogens is 258 g/mol. The van der Waals surface area contributed by atoms with Crippen molar-refractivity contribution >= 4 is 11.8 Å². The number of fused-ring (bicyclic) bond motifs is 1. The first-order chi connectivity index (χ1) is 8.98. The number of hydrogen-bond acceptors (Lipinski definition) is 4. The summed E-state index contributed by atoms with van der Waals surface area (Å²) in [5.74, 6) is 3.10. The van der Waals surface area contributed by atoms with Gasteiger partial charge in [0.15, 0.2) is 0 Å². The smallest absolute Gasteiger partial charge is 0.125 e. The van der Waals surface area contributed by atoms with E-state index in [9.17, 15) is 0 Å². The van der Waals surface area contributed by atoms with E-state index in [4.69, 9.17) is 9.47 Å². The zero-order valence-electron chi connectivity index (χ0n) is 11.9. The molecule has 0 spiro atoms. The summed E-state index contributed by atoms with van der Waals surface area (Å²) in [4.78, 5) is 0. The Hall–Kier alpha value is -0.870. The van der Waals surface area contributed by atoms with E-state index in [0.29, 0.717) is 0 Å². The van der Waals surface area contributed by atoms with Crippen molar-refractivity contribution in [3.63, 3.8) is 0 Å². The molecule has 1 N–H and O–H groups in total. The number of rotatable bonds is 2. The molecule has 1 fully saturated rings. The molecule has 4 heteroatoms. The van der Waals surface area contributed by atoms with E-state index in [1.807, 2.05) is 11.8 Å². The summed E-state index contributed by atoms with van der Waals surface area (Å²) in [6, 6.07) is 4.30. The lowest BCUT2D eigenvalue weighted by Crippen LogP contribution is -2.35. The minimum absolute atomic E-state index is 0.174. The second-order valence-electron chi connectivity index (χ2n) is 6.05. The van der Waals surface area contributed by atoms with Gasteiger partial charge in [-0.1, -0.05) is 0 Å². The topological polar surface area (TPSA) is 30.5 Å². The number of thioether (sulfide) groups is 1. The lowest BCUT2D eigenvalue weighted by atomic mass is 10.0. The monoisotopic (exact) mass is 279 g/mol. The van der Waals surface area contributed by atoms with Crippen LogP contribution in [0.1, 0.15) is 37.3 Å². The van der Waals surface area contributed by atoms with Gasteiger partial charge in [0.1, 0.15) is 17.6 Å². The number of ether oxygens (including phenoxy) is 2. The zero-order valence-corrected chi connectivity index (χ0v) is 12.8. The van der Waals surface area contributed by atoms with Crippen LogP contribution < -0.4 is 14.8 Å². The molecule has 2 unspecified atom stereocenters. The highest BCUT2D eigenvalue weighted by molar-refractivity contribution is 7.99. The summed E-state index contributed by atoms with van der Waals surface area (Å²) < 4.78 is 11.4. The maximum absolute atomic E-state index is 5.87. The van der Waals surface area contributed by atoms with Crippen molar-refractivity contribution in [1.29, 1.82) is 0 Å². The molecule has 1 aromatic rings. The van der Waals surface area contributed by atoms with Crippen LogP contribution in [0.15, 0.2) is 12.1 Å². The molecule has 0 saturated carbocycles. The fraction of sp³-hybridized carbons (Fsp3) is 0.600. The molecule has 3 nitrogen and oxygen atoms in total. The summed E-state index contributed by atoms with van der Waals surface area (Å²) in [7, 11) is 1.75. The van der Waals surface area contributed by atoms with Gasteiger partial charge in [-0.25, -0.2) is 0 Å². The average Bonchev–Trinajstić information content (AvgIpc) is 2.88. The van der Waals surface area contributed by atoms with Crippen molar-refractivity contribution < 1.29 is 9.47 Å². The highest BCUT2D eigenvalue weighted by atomic mass is 32.2. The van der Waals surface area contributed by atoms with Crippen molar-refractivity contribution in [3.05, 3.63) is 23.3 Å². The van der Waals surface area contributed by atoms with Crippen LogP contribution in [-0.2, 0) is 6.42 Å². The van der Waals surface area contributed by atoms with Crippen LogP contribution in [-0.4, -0.2) is 24.5 Å². The molecule has 2 atom stereocenters. The van der Waals surface area contributed by atoms with E-state index in [0.717, 1.165) is 23.7 Å². The lowest BCUT2D eigenvalue weighted by Gasteiger charge is -2.21. The molecule has 0 aliphatic carbocycles. The molecular formula is C15H21NO2S. The van der Waals surface area contributed by atoms with Crippen LogP contribution in [0.4, 0.5) is 0 Å². The molecule has 0 radical (unpaired) electrons. The SMILES string of the molecule is COc1cc2c(cc1C1NC(C)(C)CS1)OC(C)C2. The normalized spacial score (nSPS) is 28.0. The maximum atomic E-state index is 5.87. The van der Waals surface area contributed by atoms with Crippen LogP contribution in [0.5, 0.6) is 11.5 Å². The second-order valence-corrected chi connectivity index (χ2v) is 7.15. The third kappa shape index (κ3) is 2.43. The van der Waals surface area contributed by atoms with E-state index in [-0.39, 0.29) is 17.0 Å². The van der Waals surface area contributed by atoms with E-state index >= 15 is 0 Å². The number of methoxy groups -OCH3 is 1. The molecule has 2 heterocycles. The first kappa shape index (κ1) is 13.1. The van der Waals surface area contributed by atoms with Crippen LogP contribution in [0.3, 0.4) is 0 Å². The molecule has 0 amide bonds.